The van der Waals surface area contributed by atoms with Crippen LogP contribution < -0.4 is 15.4 Å². The Morgan fingerprint density at radius 1 is 1.07 bits per heavy atom. The Morgan fingerprint density at radius 3 is 2.48 bits per heavy atom. The number of amides is 1. The van der Waals surface area contributed by atoms with Crippen molar-refractivity contribution < 1.29 is 9.53 Å². The lowest BCUT2D eigenvalue weighted by Crippen LogP contribution is -2.23. The van der Waals surface area contributed by atoms with Crippen LogP contribution in [0.2, 0.25) is 0 Å². The third-order valence-corrected chi connectivity index (χ3v) is 3.91. The second kappa shape index (κ2) is 8.50. The van der Waals surface area contributed by atoms with Crippen LogP contribution in [0.4, 0.5) is 11.4 Å². The number of methoxy groups -OCH3 is 1. The minimum absolute atomic E-state index is 0.255. The molecule has 0 saturated carbocycles. The van der Waals surface area contributed by atoms with Gasteiger partial charge in [-0.15, -0.1) is 0 Å². The Kier molecular flexibility index (Phi) is 5.65. The van der Waals surface area contributed by atoms with Crippen molar-refractivity contribution in [2.45, 2.75) is 6.54 Å². The highest BCUT2D eigenvalue weighted by molar-refractivity contribution is 5.93. The van der Waals surface area contributed by atoms with Crippen molar-refractivity contribution in [2.75, 3.05) is 12.4 Å². The number of rotatable bonds is 6. The van der Waals surface area contributed by atoms with Crippen molar-refractivity contribution in [3.05, 3.63) is 83.7 Å². The molecule has 0 spiro atoms. The fourth-order valence-corrected chi connectivity index (χ4v) is 2.44. The van der Waals surface area contributed by atoms with Crippen molar-refractivity contribution in [1.29, 1.82) is 5.26 Å². The number of hydrogen-bond acceptors (Lipinski definition) is 5. The first-order chi connectivity index (χ1) is 13.2. The van der Waals surface area contributed by atoms with Crippen LogP contribution in [0.15, 0.2) is 66.9 Å². The molecule has 134 valence electrons. The number of nitrogens with zero attached hydrogens (tertiary/aromatic N) is 2. The van der Waals surface area contributed by atoms with E-state index in [1.807, 2.05) is 36.4 Å². The lowest BCUT2D eigenvalue weighted by molar-refractivity contribution is 0.0946. The van der Waals surface area contributed by atoms with Gasteiger partial charge in [-0.25, -0.2) is 0 Å². The predicted molar refractivity (Wildman–Crippen MR) is 103 cm³/mol. The third-order valence-electron chi connectivity index (χ3n) is 3.91. The quantitative estimate of drug-likeness (QED) is 0.702. The molecule has 0 aliphatic carbocycles. The molecule has 3 aromatic rings. The molecule has 0 unspecified atom stereocenters. The van der Waals surface area contributed by atoms with E-state index in [4.69, 9.17) is 10.00 Å². The van der Waals surface area contributed by atoms with E-state index >= 15 is 0 Å². The molecule has 0 radical (unpaired) electrons. The van der Waals surface area contributed by atoms with Crippen LogP contribution in [-0.2, 0) is 6.54 Å². The molecule has 0 fully saturated rings. The highest BCUT2D eigenvalue weighted by Crippen LogP contribution is 2.17. The molecule has 6 nitrogen and oxygen atoms in total. The first-order valence-electron chi connectivity index (χ1n) is 8.32. The molecule has 2 N–H and O–H groups in total. The molecule has 0 bridgehead atoms. The molecule has 27 heavy (non-hydrogen) atoms. The second-order valence-electron chi connectivity index (χ2n) is 5.77. The maximum Gasteiger partial charge on any atom is 0.270 e. The first kappa shape index (κ1) is 18.0. The number of ether oxygens (including phenoxy) is 1. The molecular formula is C21H18N4O2. The monoisotopic (exact) mass is 358 g/mol. The summed E-state index contributed by atoms with van der Waals surface area (Å²) in [5.41, 5.74) is 3.45. The Morgan fingerprint density at radius 2 is 1.81 bits per heavy atom. The van der Waals surface area contributed by atoms with Gasteiger partial charge >= 0.3 is 0 Å². The van der Waals surface area contributed by atoms with E-state index in [0.717, 1.165) is 22.7 Å². The van der Waals surface area contributed by atoms with E-state index in [9.17, 15) is 4.79 Å². The number of benzene rings is 2. The van der Waals surface area contributed by atoms with Crippen LogP contribution in [0.25, 0.3) is 0 Å². The predicted octanol–water partition coefficient (Wildman–Crippen LogP) is 3.64. The van der Waals surface area contributed by atoms with E-state index in [-0.39, 0.29) is 5.91 Å². The van der Waals surface area contributed by atoms with Crippen LogP contribution in [0, 0.1) is 11.3 Å². The summed E-state index contributed by atoms with van der Waals surface area (Å²) in [4.78, 5) is 16.5. The van der Waals surface area contributed by atoms with Crippen molar-refractivity contribution in [3.63, 3.8) is 0 Å². The van der Waals surface area contributed by atoms with Crippen molar-refractivity contribution in [3.8, 4) is 11.8 Å². The lowest BCUT2D eigenvalue weighted by atomic mass is 10.2. The zero-order valence-corrected chi connectivity index (χ0v) is 14.8. The summed E-state index contributed by atoms with van der Waals surface area (Å²) in [6, 6.07) is 20.1. The van der Waals surface area contributed by atoms with Crippen LogP contribution in [0.3, 0.4) is 0 Å². The second-order valence-corrected chi connectivity index (χ2v) is 5.77. The summed E-state index contributed by atoms with van der Waals surface area (Å²) in [5, 5.41) is 14.9. The first-order valence-corrected chi connectivity index (χ1v) is 8.32. The smallest absolute Gasteiger partial charge is 0.270 e. The Bertz CT molecular complexity index is 961. The number of carbonyl (C=O) groups excluding carboxylic acids is 1. The highest BCUT2D eigenvalue weighted by atomic mass is 16.5. The summed E-state index contributed by atoms with van der Waals surface area (Å²) in [6.45, 7) is 0.401. The molecular weight excluding hydrogens is 340 g/mol. The van der Waals surface area contributed by atoms with Gasteiger partial charge < -0.3 is 15.4 Å². The third kappa shape index (κ3) is 4.83. The molecule has 1 amide bonds. The van der Waals surface area contributed by atoms with Gasteiger partial charge in [-0.1, -0.05) is 12.1 Å². The van der Waals surface area contributed by atoms with Gasteiger partial charge in [0.1, 0.15) is 11.4 Å². The summed E-state index contributed by atoms with van der Waals surface area (Å²) < 4.78 is 5.12. The topological polar surface area (TPSA) is 87.0 Å². The van der Waals surface area contributed by atoms with Crippen LogP contribution in [0.5, 0.6) is 5.75 Å². The molecule has 0 aliphatic heterocycles. The minimum Gasteiger partial charge on any atom is -0.497 e. The molecule has 1 aromatic heterocycles. The van der Waals surface area contributed by atoms with Crippen LogP contribution in [-0.4, -0.2) is 18.0 Å². The van der Waals surface area contributed by atoms with Gasteiger partial charge in [0, 0.05) is 24.1 Å². The van der Waals surface area contributed by atoms with Crippen molar-refractivity contribution >= 4 is 17.3 Å². The number of carbonyl (C=O) groups is 1. The average molecular weight is 358 g/mol. The number of nitriles is 1. The Balaban J connectivity index is 1.63. The summed E-state index contributed by atoms with van der Waals surface area (Å²) in [7, 11) is 1.61. The fraction of sp³-hybridized carbons (Fsp3) is 0.0952. The van der Waals surface area contributed by atoms with Gasteiger partial charge in [-0.3, -0.25) is 9.78 Å². The zero-order valence-electron chi connectivity index (χ0n) is 14.8. The van der Waals surface area contributed by atoms with Crippen molar-refractivity contribution in [2.24, 2.45) is 0 Å². The maximum atomic E-state index is 12.4. The van der Waals surface area contributed by atoms with Gasteiger partial charge in [0.05, 0.1) is 18.7 Å². The van der Waals surface area contributed by atoms with Gasteiger partial charge in [0.15, 0.2) is 0 Å². The van der Waals surface area contributed by atoms with E-state index in [2.05, 4.69) is 21.7 Å². The van der Waals surface area contributed by atoms with E-state index in [0.29, 0.717) is 17.8 Å². The fourth-order valence-electron chi connectivity index (χ4n) is 2.44. The number of anilines is 2. The zero-order chi connectivity index (χ0) is 19.1. The highest BCUT2D eigenvalue weighted by Gasteiger charge is 2.08. The van der Waals surface area contributed by atoms with Gasteiger partial charge in [-0.2, -0.15) is 5.26 Å². The largest absolute Gasteiger partial charge is 0.497 e. The molecule has 6 heteroatoms. The minimum atomic E-state index is -0.255. The summed E-state index contributed by atoms with van der Waals surface area (Å²) in [6.07, 6.45) is 1.58. The van der Waals surface area contributed by atoms with E-state index in [1.165, 1.54) is 0 Å². The van der Waals surface area contributed by atoms with Gasteiger partial charge in [0.2, 0.25) is 0 Å². The normalized spacial score (nSPS) is 9.93. The van der Waals surface area contributed by atoms with E-state index in [1.54, 1.807) is 37.6 Å². The molecule has 0 atom stereocenters. The molecule has 2 aromatic carbocycles. The van der Waals surface area contributed by atoms with Gasteiger partial charge in [-0.05, 0) is 54.1 Å². The number of nitrogens with one attached hydrogen (secondary N) is 2. The number of hydrogen-bond donors (Lipinski definition) is 2. The average Bonchev–Trinajstić information content (AvgIpc) is 2.73. The van der Waals surface area contributed by atoms with Gasteiger partial charge in [0.25, 0.3) is 5.91 Å². The lowest BCUT2D eigenvalue weighted by Gasteiger charge is -2.09. The number of pyridine rings is 1. The standard InChI is InChI=1S/C21H18N4O2/c1-27-19-8-4-16(5-9-19)14-24-21(26)20-12-18(10-11-23-20)25-17-6-2-15(13-22)3-7-17/h2-12H,14H2,1H3,(H,23,25)(H,24,26). The Labute approximate surface area is 157 Å². The van der Waals surface area contributed by atoms with E-state index < -0.39 is 0 Å². The van der Waals surface area contributed by atoms with Crippen molar-refractivity contribution in [1.82, 2.24) is 10.3 Å². The molecule has 0 saturated heterocycles. The maximum absolute atomic E-state index is 12.4. The van der Waals surface area contributed by atoms with Crippen LogP contribution in [0.1, 0.15) is 21.6 Å². The summed E-state index contributed by atoms with van der Waals surface area (Å²) in [5.74, 6) is 0.516. The Hall–Kier alpha value is -3.85. The number of aromatic nitrogens is 1. The molecule has 1 heterocycles. The molecule has 0 aliphatic rings. The SMILES string of the molecule is COc1ccc(CNC(=O)c2cc(Nc3ccc(C#N)cc3)ccn2)cc1. The van der Waals surface area contributed by atoms with Crippen LogP contribution >= 0.6 is 0 Å². The molecule has 3 rings (SSSR count). The summed E-state index contributed by atoms with van der Waals surface area (Å²) >= 11 is 0.